The van der Waals surface area contributed by atoms with Crippen LogP contribution in [0.25, 0.3) is 6.08 Å². The molecule has 0 spiro atoms. The van der Waals surface area contributed by atoms with Gasteiger partial charge in [0.05, 0.1) is 18.0 Å². The van der Waals surface area contributed by atoms with Crippen LogP contribution in [0, 0.1) is 0 Å². The molecule has 0 fully saturated rings. The Kier molecular flexibility index (Phi) is 3.62. The Morgan fingerprint density at radius 1 is 1.12 bits per heavy atom. The fourth-order valence-corrected chi connectivity index (χ4v) is 4.12. The molecule has 1 atom stereocenters. The maximum absolute atomic E-state index is 6.21. The maximum atomic E-state index is 6.21. The number of rotatable bonds is 1. The van der Waals surface area contributed by atoms with E-state index >= 15 is 0 Å². The highest BCUT2D eigenvalue weighted by Gasteiger charge is 2.26. The molecule has 1 unspecified atom stereocenters. The number of ether oxygens (including phenoxy) is 1. The first kappa shape index (κ1) is 14.8. The van der Waals surface area contributed by atoms with E-state index in [2.05, 4.69) is 28.2 Å². The highest BCUT2D eigenvalue weighted by atomic mass is 16.5. The van der Waals surface area contributed by atoms with Crippen LogP contribution in [0.5, 0.6) is 0 Å². The fourth-order valence-electron chi connectivity index (χ4n) is 4.12. The van der Waals surface area contributed by atoms with Crippen molar-refractivity contribution in [3.63, 3.8) is 0 Å². The van der Waals surface area contributed by atoms with Crippen molar-refractivity contribution in [2.45, 2.75) is 44.4 Å². The number of hydrogen-bond donors (Lipinski definition) is 2. The second-order valence-corrected chi connectivity index (χ2v) is 7.24. The lowest BCUT2D eigenvalue weighted by Crippen LogP contribution is -2.11. The lowest BCUT2D eigenvalue weighted by molar-refractivity contribution is 0.194. The van der Waals surface area contributed by atoms with Gasteiger partial charge in [-0.15, -0.1) is 0 Å². The molecule has 2 N–H and O–H groups in total. The molecule has 4 heteroatoms. The van der Waals surface area contributed by atoms with Gasteiger partial charge in [-0.1, -0.05) is 19.3 Å². The summed E-state index contributed by atoms with van der Waals surface area (Å²) >= 11 is 0. The first-order valence-corrected chi connectivity index (χ1v) is 9.37. The third kappa shape index (κ3) is 2.76. The van der Waals surface area contributed by atoms with Crippen molar-refractivity contribution in [3.8, 4) is 0 Å². The van der Waals surface area contributed by atoms with Gasteiger partial charge in [0.15, 0.2) is 0 Å². The van der Waals surface area contributed by atoms with Crippen LogP contribution in [0.15, 0.2) is 46.9 Å². The zero-order valence-electron chi connectivity index (χ0n) is 14.3. The van der Waals surface area contributed by atoms with E-state index in [1.54, 1.807) is 0 Å². The summed E-state index contributed by atoms with van der Waals surface area (Å²) in [5, 5.41) is 0. The van der Waals surface area contributed by atoms with E-state index in [0.29, 0.717) is 5.92 Å². The largest absolute Gasteiger partial charge is 0.491 e. The topological polar surface area (TPSA) is 53.2 Å². The molecule has 0 aromatic carbocycles. The predicted octanol–water partition coefficient (Wildman–Crippen LogP) is 4.69. The van der Waals surface area contributed by atoms with E-state index in [4.69, 9.17) is 9.73 Å². The summed E-state index contributed by atoms with van der Waals surface area (Å²) in [6.07, 6.45) is 13.7. The van der Waals surface area contributed by atoms with Gasteiger partial charge in [0, 0.05) is 29.6 Å². The van der Waals surface area contributed by atoms with Crippen LogP contribution in [-0.4, -0.2) is 22.3 Å². The van der Waals surface area contributed by atoms with Gasteiger partial charge in [0.1, 0.15) is 11.5 Å². The highest BCUT2D eigenvalue weighted by Crippen LogP contribution is 2.36. The molecule has 128 valence electrons. The molecule has 2 bridgehead atoms. The van der Waals surface area contributed by atoms with Crippen molar-refractivity contribution in [1.29, 1.82) is 0 Å². The number of H-pyrrole nitrogens is 2. The standard InChI is InChI=1S/C21H23N3O/c1-2-4-7-15-10-16-14(6-3-1)13-25-21-12-19(17-8-5-9-22-17)24-20(21)11-18(16)23-15/h5,8-12,14,22-23H,1-4,6-7,13H2/b20-11+. The fraction of sp³-hybridized carbons (Fsp3) is 0.381. The molecular weight excluding hydrogens is 310 g/mol. The molecule has 0 saturated carbocycles. The molecule has 4 heterocycles. The van der Waals surface area contributed by atoms with Crippen molar-refractivity contribution in [3.05, 3.63) is 64.6 Å². The van der Waals surface area contributed by atoms with Gasteiger partial charge in [-0.2, -0.15) is 0 Å². The Hall–Kier alpha value is -2.49. The van der Waals surface area contributed by atoms with Gasteiger partial charge < -0.3 is 14.7 Å². The molecule has 0 saturated heterocycles. The molecule has 3 aliphatic rings. The summed E-state index contributed by atoms with van der Waals surface area (Å²) in [7, 11) is 0. The Balaban J connectivity index is 1.57. The number of nitrogens with one attached hydrogen (secondary N) is 2. The number of nitrogens with zero attached hydrogens (tertiary/aromatic N) is 1. The monoisotopic (exact) mass is 333 g/mol. The van der Waals surface area contributed by atoms with Crippen LogP contribution in [-0.2, 0) is 11.2 Å². The number of fused-ring (bicyclic) bond motifs is 2. The third-order valence-electron chi connectivity index (χ3n) is 5.48. The van der Waals surface area contributed by atoms with Gasteiger partial charge in [0.2, 0.25) is 0 Å². The van der Waals surface area contributed by atoms with Crippen LogP contribution in [0.4, 0.5) is 0 Å². The number of aliphatic imine (C=N–C) groups is 1. The normalized spacial score (nSPS) is 24.8. The van der Waals surface area contributed by atoms with Crippen LogP contribution < -0.4 is 0 Å². The number of allylic oxidation sites excluding steroid dienone is 1. The second kappa shape index (κ2) is 6.10. The lowest BCUT2D eigenvalue weighted by Gasteiger charge is -2.21. The smallest absolute Gasteiger partial charge is 0.147 e. The van der Waals surface area contributed by atoms with Crippen molar-refractivity contribution < 1.29 is 4.74 Å². The van der Waals surface area contributed by atoms with E-state index in [0.717, 1.165) is 35.9 Å². The van der Waals surface area contributed by atoms with Gasteiger partial charge in [-0.3, -0.25) is 0 Å². The van der Waals surface area contributed by atoms with Crippen LogP contribution in [0.2, 0.25) is 0 Å². The number of hydrogen-bond acceptors (Lipinski definition) is 2. The molecule has 2 aromatic heterocycles. The van der Waals surface area contributed by atoms with Gasteiger partial charge in [-0.05, 0) is 49.1 Å². The molecule has 0 amide bonds. The second-order valence-electron chi connectivity index (χ2n) is 7.24. The first-order valence-electron chi connectivity index (χ1n) is 9.37. The van der Waals surface area contributed by atoms with Gasteiger partial charge in [0.25, 0.3) is 0 Å². The summed E-state index contributed by atoms with van der Waals surface area (Å²) in [5.74, 6) is 1.36. The van der Waals surface area contributed by atoms with E-state index in [1.807, 2.05) is 18.3 Å². The average Bonchev–Trinajstić information content (AvgIpc) is 3.33. The number of aromatic amines is 2. The predicted molar refractivity (Wildman–Crippen MR) is 99.7 cm³/mol. The van der Waals surface area contributed by atoms with E-state index in [1.165, 1.54) is 49.1 Å². The van der Waals surface area contributed by atoms with Crippen molar-refractivity contribution in [2.24, 2.45) is 4.99 Å². The highest BCUT2D eigenvalue weighted by molar-refractivity contribution is 6.11. The quantitative estimate of drug-likeness (QED) is 0.781. The molecular formula is C21H23N3O. The van der Waals surface area contributed by atoms with E-state index in [9.17, 15) is 0 Å². The molecule has 2 aromatic rings. The molecule has 5 rings (SSSR count). The first-order chi connectivity index (χ1) is 12.4. The van der Waals surface area contributed by atoms with Crippen LogP contribution >= 0.6 is 0 Å². The molecule has 1 aliphatic carbocycles. The third-order valence-corrected chi connectivity index (χ3v) is 5.48. The average molecular weight is 333 g/mol. The minimum Gasteiger partial charge on any atom is -0.491 e. The molecule has 0 radical (unpaired) electrons. The minimum atomic E-state index is 0.464. The zero-order valence-corrected chi connectivity index (χ0v) is 14.3. The van der Waals surface area contributed by atoms with Gasteiger partial charge in [-0.25, -0.2) is 4.99 Å². The summed E-state index contributed by atoms with van der Waals surface area (Å²) in [4.78, 5) is 11.7. The van der Waals surface area contributed by atoms with Crippen LogP contribution in [0.3, 0.4) is 0 Å². The van der Waals surface area contributed by atoms with Crippen molar-refractivity contribution in [1.82, 2.24) is 9.97 Å². The number of aryl methyl sites for hydroxylation is 1. The lowest BCUT2D eigenvalue weighted by atomic mass is 9.91. The Labute approximate surface area is 147 Å². The minimum absolute atomic E-state index is 0.464. The number of aromatic nitrogens is 2. The van der Waals surface area contributed by atoms with Crippen molar-refractivity contribution in [2.75, 3.05) is 6.61 Å². The van der Waals surface area contributed by atoms with Gasteiger partial charge >= 0.3 is 0 Å². The maximum Gasteiger partial charge on any atom is 0.147 e. The summed E-state index contributed by atoms with van der Waals surface area (Å²) in [5.41, 5.74) is 6.89. The molecule has 25 heavy (non-hydrogen) atoms. The summed E-state index contributed by atoms with van der Waals surface area (Å²) in [6, 6.07) is 6.41. The van der Waals surface area contributed by atoms with Crippen LogP contribution in [0.1, 0.15) is 60.7 Å². The van der Waals surface area contributed by atoms with Crippen molar-refractivity contribution >= 4 is 11.8 Å². The summed E-state index contributed by atoms with van der Waals surface area (Å²) in [6.45, 7) is 0.737. The van der Waals surface area contributed by atoms with E-state index < -0.39 is 0 Å². The Morgan fingerprint density at radius 3 is 3.00 bits per heavy atom. The molecule has 4 nitrogen and oxygen atoms in total. The Morgan fingerprint density at radius 2 is 2.08 bits per heavy atom. The zero-order chi connectivity index (χ0) is 16.6. The molecule has 2 aliphatic heterocycles. The SMILES string of the molecule is C1=C2OCC3CCCCCCc4cc3c([nH]4)/C=C\2N=C1c1ccc[nH]1. The van der Waals surface area contributed by atoms with E-state index in [-0.39, 0.29) is 0 Å². The Bertz CT molecular complexity index is 867. The summed E-state index contributed by atoms with van der Waals surface area (Å²) < 4.78 is 6.21.